The molecule has 1 unspecified atom stereocenters. The van der Waals surface area contributed by atoms with Gasteiger partial charge in [0.25, 0.3) is 0 Å². The molecule has 1 atom stereocenters. The Morgan fingerprint density at radius 2 is 1.85 bits per heavy atom. The van der Waals surface area contributed by atoms with Crippen LogP contribution < -0.4 is 4.72 Å². The number of carboxylic acid groups (broad SMARTS) is 1. The molecule has 0 amide bonds. The van der Waals surface area contributed by atoms with Crippen molar-refractivity contribution in [1.82, 2.24) is 4.72 Å². The largest absolute Gasteiger partial charge is 0.478 e. The minimum atomic E-state index is -3.81. The predicted molar refractivity (Wildman–Crippen MR) is 77.8 cm³/mol. The number of halogens is 1. The van der Waals surface area contributed by atoms with Gasteiger partial charge in [-0.3, -0.25) is 0 Å². The molecule has 0 aromatic heterocycles. The summed E-state index contributed by atoms with van der Waals surface area (Å²) in [5, 5.41) is 9.15. The van der Waals surface area contributed by atoms with Crippen molar-refractivity contribution in [2.75, 3.05) is 0 Å². The lowest BCUT2D eigenvalue weighted by Gasteiger charge is -2.19. The van der Waals surface area contributed by atoms with Crippen LogP contribution >= 0.6 is 11.6 Å². The zero-order valence-electron chi connectivity index (χ0n) is 11.8. The standard InChI is InChI=1S/C13H18ClNO4S/c1-7(2)9(4)15-20(18,19)12-6-10(14)5-11(8(12)3)13(16)17/h5-7,9,15H,1-4H3,(H,16,17). The zero-order valence-corrected chi connectivity index (χ0v) is 13.3. The Morgan fingerprint density at radius 1 is 1.30 bits per heavy atom. The zero-order chi connectivity index (χ0) is 15.7. The highest BCUT2D eigenvalue weighted by Crippen LogP contribution is 2.25. The summed E-state index contributed by atoms with van der Waals surface area (Å²) in [5.74, 6) is -1.10. The van der Waals surface area contributed by atoms with Crippen LogP contribution in [0.1, 0.15) is 36.7 Å². The third kappa shape index (κ3) is 3.71. The number of nitrogens with one attached hydrogen (secondary N) is 1. The summed E-state index contributed by atoms with van der Waals surface area (Å²) in [4.78, 5) is 11.0. The Labute approximate surface area is 124 Å². The maximum absolute atomic E-state index is 12.3. The average molecular weight is 320 g/mol. The van der Waals surface area contributed by atoms with E-state index in [0.717, 1.165) is 0 Å². The SMILES string of the molecule is Cc1c(C(=O)O)cc(Cl)cc1S(=O)(=O)NC(C)C(C)C. The lowest BCUT2D eigenvalue weighted by atomic mass is 10.1. The second-order valence-electron chi connectivity index (χ2n) is 5.04. The maximum Gasteiger partial charge on any atom is 0.336 e. The molecule has 1 aromatic rings. The van der Waals surface area contributed by atoms with Crippen molar-refractivity contribution in [2.24, 2.45) is 5.92 Å². The normalized spacial score (nSPS) is 13.5. The molecule has 0 saturated carbocycles. The smallest absolute Gasteiger partial charge is 0.336 e. The van der Waals surface area contributed by atoms with Crippen molar-refractivity contribution in [1.29, 1.82) is 0 Å². The Kier molecular flexibility index (Phi) is 5.18. The molecule has 5 nitrogen and oxygen atoms in total. The first-order valence-corrected chi connectivity index (χ1v) is 7.98. The van der Waals surface area contributed by atoms with Gasteiger partial charge >= 0.3 is 5.97 Å². The van der Waals surface area contributed by atoms with Crippen molar-refractivity contribution in [3.8, 4) is 0 Å². The van der Waals surface area contributed by atoms with Crippen molar-refractivity contribution < 1.29 is 18.3 Å². The fraction of sp³-hybridized carbons (Fsp3) is 0.462. The van der Waals surface area contributed by atoms with Gasteiger partial charge in [-0.15, -0.1) is 0 Å². The van der Waals surface area contributed by atoms with Crippen LogP contribution in [0.15, 0.2) is 17.0 Å². The first kappa shape index (κ1) is 16.9. The number of benzene rings is 1. The van der Waals surface area contributed by atoms with Crippen LogP contribution in [0.3, 0.4) is 0 Å². The molecule has 0 fully saturated rings. The van der Waals surface area contributed by atoms with Gasteiger partial charge in [0.15, 0.2) is 0 Å². The molecule has 112 valence electrons. The molecular weight excluding hydrogens is 302 g/mol. The molecule has 0 aliphatic rings. The third-order valence-electron chi connectivity index (χ3n) is 3.19. The Balaban J connectivity index is 3.36. The molecule has 0 saturated heterocycles. The van der Waals surface area contributed by atoms with Crippen LogP contribution in [-0.4, -0.2) is 25.5 Å². The average Bonchev–Trinajstić information content (AvgIpc) is 2.30. The van der Waals surface area contributed by atoms with Crippen LogP contribution in [0.4, 0.5) is 0 Å². The molecule has 7 heteroatoms. The van der Waals surface area contributed by atoms with E-state index in [1.807, 2.05) is 13.8 Å². The van der Waals surface area contributed by atoms with E-state index in [1.54, 1.807) is 6.92 Å². The van der Waals surface area contributed by atoms with E-state index in [4.69, 9.17) is 16.7 Å². The van der Waals surface area contributed by atoms with Gasteiger partial charge in [-0.25, -0.2) is 17.9 Å². The number of sulfonamides is 1. The topological polar surface area (TPSA) is 83.5 Å². The molecule has 0 heterocycles. The van der Waals surface area contributed by atoms with Crippen molar-refractivity contribution in [3.63, 3.8) is 0 Å². The molecule has 0 spiro atoms. The van der Waals surface area contributed by atoms with Gasteiger partial charge in [0.2, 0.25) is 10.0 Å². The Bertz CT molecular complexity index is 626. The van der Waals surface area contributed by atoms with Gasteiger partial charge < -0.3 is 5.11 Å². The minimum absolute atomic E-state index is 0.0746. The maximum atomic E-state index is 12.3. The monoisotopic (exact) mass is 319 g/mol. The summed E-state index contributed by atoms with van der Waals surface area (Å²) in [6, 6.07) is 2.23. The van der Waals surface area contributed by atoms with Crippen molar-refractivity contribution in [2.45, 2.75) is 38.6 Å². The first-order valence-electron chi connectivity index (χ1n) is 6.12. The van der Waals surface area contributed by atoms with Crippen LogP contribution in [0, 0.1) is 12.8 Å². The summed E-state index contributed by atoms with van der Waals surface area (Å²) in [7, 11) is -3.81. The van der Waals surface area contributed by atoms with E-state index in [1.165, 1.54) is 19.1 Å². The van der Waals surface area contributed by atoms with Crippen LogP contribution in [0.25, 0.3) is 0 Å². The van der Waals surface area contributed by atoms with Gasteiger partial charge in [0.05, 0.1) is 10.5 Å². The second kappa shape index (κ2) is 6.11. The molecule has 1 aromatic carbocycles. The first-order chi connectivity index (χ1) is 9.06. The summed E-state index contributed by atoms with van der Waals surface area (Å²) in [6.07, 6.45) is 0. The number of carboxylic acids is 1. The molecule has 0 bridgehead atoms. The number of carbonyl (C=O) groups is 1. The highest BCUT2D eigenvalue weighted by atomic mass is 35.5. The summed E-state index contributed by atoms with van der Waals surface area (Å²) >= 11 is 5.82. The van der Waals surface area contributed by atoms with Gasteiger partial charge in [0, 0.05) is 11.1 Å². The third-order valence-corrected chi connectivity index (χ3v) is 5.09. The Morgan fingerprint density at radius 3 is 2.30 bits per heavy atom. The van der Waals surface area contributed by atoms with E-state index in [0.29, 0.717) is 0 Å². The molecule has 20 heavy (non-hydrogen) atoms. The van der Waals surface area contributed by atoms with Gasteiger partial charge in [-0.1, -0.05) is 25.4 Å². The summed E-state index contributed by atoms with van der Waals surface area (Å²) < 4.78 is 27.2. The fourth-order valence-electron chi connectivity index (χ4n) is 1.60. The van der Waals surface area contributed by atoms with E-state index < -0.39 is 16.0 Å². The van der Waals surface area contributed by atoms with Crippen molar-refractivity contribution >= 4 is 27.6 Å². The lowest BCUT2D eigenvalue weighted by Crippen LogP contribution is -2.36. The Hall–Kier alpha value is -1.11. The fourth-order valence-corrected chi connectivity index (χ4v) is 3.57. The molecule has 2 N–H and O–H groups in total. The van der Waals surface area contributed by atoms with Crippen LogP contribution in [-0.2, 0) is 10.0 Å². The quantitative estimate of drug-likeness (QED) is 0.874. The van der Waals surface area contributed by atoms with E-state index in [9.17, 15) is 13.2 Å². The van der Waals surface area contributed by atoms with E-state index >= 15 is 0 Å². The highest BCUT2D eigenvalue weighted by molar-refractivity contribution is 7.89. The lowest BCUT2D eigenvalue weighted by molar-refractivity contribution is 0.0696. The molecule has 1 rings (SSSR count). The predicted octanol–water partition coefficient (Wildman–Crippen LogP) is 2.67. The molecular formula is C13H18ClNO4S. The van der Waals surface area contributed by atoms with Gasteiger partial charge in [0.1, 0.15) is 0 Å². The molecule has 0 aliphatic heterocycles. The van der Waals surface area contributed by atoms with Gasteiger partial charge in [-0.05, 0) is 37.5 Å². The molecule has 0 radical (unpaired) electrons. The number of aromatic carboxylic acids is 1. The molecule has 0 aliphatic carbocycles. The second-order valence-corrected chi connectivity index (χ2v) is 7.15. The van der Waals surface area contributed by atoms with E-state index in [-0.39, 0.29) is 33.0 Å². The van der Waals surface area contributed by atoms with E-state index in [2.05, 4.69) is 4.72 Å². The van der Waals surface area contributed by atoms with Gasteiger partial charge in [-0.2, -0.15) is 0 Å². The minimum Gasteiger partial charge on any atom is -0.478 e. The van der Waals surface area contributed by atoms with Crippen molar-refractivity contribution in [3.05, 3.63) is 28.3 Å². The summed E-state index contributed by atoms with van der Waals surface area (Å²) in [6.45, 7) is 6.98. The number of hydrogen-bond donors (Lipinski definition) is 2. The van der Waals surface area contributed by atoms with Crippen LogP contribution in [0.2, 0.25) is 5.02 Å². The summed E-state index contributed by atoms with van der Waals surface area (Å²) in [5.41, 5.74) is 0.0560. The van der Waals surface area contributed by atoms with Crippen LogP contribution in [0.5, 0.6) is 0 Å². The number of rotatable bonds is 5. The number of hydrogen-bond acceptors (Lipinski definition) is 3. The highest BCUT2D eigenvalue weighted by Gasteiger charge is 2.24.